The van der Waals surface area contributed by atoms with Crippen LogP contribution in [0.1, 0.15) is 11.4 Å². The van der Waals surface area contributed by atoms with Gasteiger partial charge in [0.1, 0.15) is 49.0 Å². The molecule has 0 fully saturated rings. The Hall–Kier alpha value is -5.58. The number of aromatic nitrogens is 2. The van der Waals surface area contributed by atoms with Gasteiger partial charge >= 0.3 is 0 Å². The largest absolute Gasteiger partial charge is 0.506 e. The first kappa shape index (κ1) is 32.9. The van der Waals surface area contributed by atoms with Crippen LogP contribution in [0.4, 0.5) is 0 Å². The molecular weight excluding hydrogens is 632 g/mol. The third-order valence-corrected chi connectivity index (χ3v) is 8.64. The Kier molecular flexibility index (Phi) is 10.4. The Balaban J connectivity index is 1.09. The minimum Gasteiger partial charge on any atom is -0.506 e. The van der Waals surface area contributed by atoms with Crippen LogP contribution in [-0.4, -0.2) is 82.6 Å². The van der Waals surface area contributed by atoms with Gasteiger partial charge < -0.3 is 29.2 Å². The van der Waals surface area contributed by atoms with E-state index in [0.717, 1.165) is 22.2 Å². The zero-order valence-corrected chi connectivity index (χ0v) is 27.8. The number of ether oxygens (including phenoxy) is 4. The van der Waals surface area contributed by atoms with Gasteiger partial charge in [-0.2, -0.15) is 0 Å². The molecule has 0 radical (unpaired) electrons. The molecule has 10 nitrogen and oxygen atoms in total. The molecule has 256 valence electrons. The molecule has 2 aromatic heterocycles. The van der Waals surface area contributed by atoms with Gasteiger partial charge in [0.05, 0.1) is 11.4 Å². The second-order valence-electron chi connectivity index (χ2n) is 12.1. The van der Waals surface area contributed by atoms with Crippen LogP contribution in [0.25, 0.3) is 21.8 Å². The number of benzene rings is 4. The first-order valence-corrected chi connectivity index (χ1v) is 16.9. The van der Waals surface area contributed by atoms with Crippen LogP contribution in [0.2, 0.25) is 0 Å². The van der Waals surface area contributed by atoms with Crippen molar-refractivity contribution in [3.8, 4) is 34.5 Å². The van der Waals surface area contributed by atoms with E-state index in [1.807, 2.05) is 97.1 Å². The predicted molar refractivity (Wildman–Crippen MR) is 192 cm³/mol. The number of phenols is 2. The highest BCUT2D eigenvalue weighted by molar-refractivity contribution is 5.84. The van der Waals surface area contributed by atoms with E-state index in [9.17, 15) is 10.2 Å². The number of para-hydroxylation sites is 6. The first-order chi connectivity index (χ1) is 24.6. The van der Waals surface area contributed by atoms with E-state index < -0.39 is 0 Å². The van der Waals surface area contributed by atoms with Gasteiger partial charge in [-0.15, -0.1) is 0 Å². The Bertz CT molecular complexity index is 1850. The normalized spacial score (nSPS) is 15.4. The van der Waals surface area contributed by atoms with Crippen molar-refractivity contribution < 1.29 is 29.2 Å². The molecule has 6 aromatic rings. The van der Waals surface area contributed by atoms with Gasteiger partial charge in [0, 0.05) is 50.0 Å². The van der Waals surface area contributed by atoms with Crippen LogP contribution in [-0.2, 0) is 13.1 Å². The highest BCUT2D eigenvalue weighted by atomic mass is 16.5. The zero-order valence-electron chi connectivity index (χ0n) is 27.8. The minimum absolute atomic E-state index is 0.165. The number of aromatic hydroxyl groups is 2. The summed E-state index contributed by atoms with van der Waals surface area (Å²) >= 11 is 0. The molecule has 3 heterocycles. The summed E-state index contributed by atoms with van der Waals surface area (Å²) in [6, 6.07) is 34.2. The van der Waals surface area contributed by atoms with Crippen molar-refractivity contribution in [2.75, 3.05) is 52.6 Å². The minimum atomic E-state index is 0.165. The molecular formula is C40H40N4O6. The smallest absolute Gasteiger partial charge is 0.161 e. The maximum atomic E-state index is 10.4. The van der Waals surface area contributed by atoms with Gasteiger partial charge in [-0.25, -0.2) is 9.97 Å². The molecule has 4 aromatic carbocycles. The fourth-order valence-corrected chi connectivity index (χ4v) is 6.03. The number of nitrogens with zero attached hydrogens (tertiary/aromatic N) is 4. The lowest BCUT2D eigenvalue weighted by Crippen LogP contribution is -2.33. The summed E-state index contributed by atoms with van der Waals surface area (Å²) in [5.41, 5.74) is 2.85. The Morgan fingerprint density at radius 2 is 0.800 bits per heavy atom. The van der Waals surface area contributed by atoms with E-state index >= 15 is 0 Å². The fraction of sp³-hybridized carbons (Fsp3) is 0.250. The summed E-state index contributed by atoms with van der Waals surface area (Å²) in [7, 11) is 0. The standard InChI is InChI=1S/C40H40N4O6/c45-33-9-5-7-29-15-17-31(41-39(29)33)27-43-19-23-47-35-11-1-2-12-36(35)48-24-20-44(22-26-50-38-14-4-3-13-37(38)49-25-21-43)28-32-18-16-30-8-6-10-34(46)40(30)42-32/h1-18,45-46H,19-28H2. The molecule has 50 heavy (non-hydrogen) atoms. The second-order valence-corrected chi connectivity index (χ2v) is 12.1. The lowest BCUT2D eigenvalue weighted by Gasteiger charge is -2.25. The number of hydrogen-bond acceptors (Lipinski definition) is 10. The fourth-order valence-electron chi connectivity index (χ4n) is 6.03. The van der Waals surface area contributed by atoms with E-state index in [4.69, 9.17) is 28.9 Å². The molecule has 0 saturated carbocycles. The van der Waals surface area contributed by atoms with Crippen LogP contribution < -0.4 is 18.9 Å². The van der Waals surface area contributed by atoms with Gasteiger partial charge in [-0.1, -0.05) is 60.7 Å². The quantitative estimate of drug-likeness (QED) is 0.218. The average Bonchev–Trinajstić information content (AvgIpc) is 3.13. The van der Waals surface area contributed by atoms with Crippen LogP contribution in [0.3, 0.4) is 0 Å². The van der Waals surface area contributed by atoms with E-state index in [1.54, 1.807) is 12.1 Å². The average molecular weight is 673 g/mol. The number of fused-ring (bicyclic) bond motifs is 4. The number of rotatable bonds is 4. The summed E-state index contributed by atoms with van der Waals surface area (Å²) in [4.78, 5) is 14.0. The van der Waals surface area contributed by atoms with Crippen molar-refractivity contribution in [1.82, 2.24) is 19.8 Å². The Labute approximate surface area is 291 Å². The molecule has 0 atom stereocenters. The van der Waals surface area contributed by atoms with E-state index in [0.29, 0.717) is 99.7 Å². The molecule has 0 bridgehead atoms. The summed E-state index contributed by atoms with van der Waals surface area (Å²) in [5, 5.41) is 22.6. The van der Waals surface area contributed by atoms with Gasteiger partial charge in [-0.05, 0) is 48.5 Å². The summed E-state index contributed by atoms with van der Waals surface area (Å²) < 4.78 is 25.1. The summed E-state index contributed by atoms with van der Waals surface area (Å²) in [6.07, 6.45) is 0. The molecule has 2 N–H and O–H groups in total. The van der Waals surface area contributed by atoms with Crippen LogP contribution in [0.5, 0.6) is 34.5 Å². The van der Waals surface area contributed by atoms with E-state index in [1.165, 1.54) is 0 Å². The van der Waals surface area contributed by atoms with Gasteiger partial charge in [0.2, 0.25) is 0 Å². The summed E-state index contributed by atoms with van der Waals surface area (Å²) in [6.45, 7) is 5.23. The van der Waals surface area contributed by atoms with Gasteiger partial charge in [0.15, 0.2) is 23.0 Å². The SMILES string of the molecule is Oc1cccc2ccc(CN3CCOc4ccccc4OCCN(Cc4ccc5cccc(O)c5n4)CCOc4ccccc4OCC3)nc12. The molecule has 1 aliphatic rings. The zero-order chi connectivity index (χ0) is 34.1. The third kappa shape index (κ3) is 8.16. The maximum absolute atomic E-state index is 10.4. The number of pyridine rings is 2. The highest BCUT2D eigenvalue weighted by Crippen LogP contribution is 2.29. The monoisotopic (exact) mass is 672 g/mol. The van der Waals surface area contributed by atoms with Crippen molar-refractivity contribution in [2.45, 2.75) is 13.1 Å². The molecule has 0 saturated heterocycles. The topological polar surface area (TPSA) is 110 Å². The van der Waals surface area contributed by atoms with E-state index in [2.05, 4.69) is 9.80 Å². The maximum Gasteiger partial charge on any atom is 0.161 e. The molecule has 0 amide bonds. The van der Waals surface area contributed by atoms with Crippen molar-refractivity contribution in [2.24, 2.45) is 0 Å². The van der Waals surface area contributed by atoms with E-state index in [-0.39, 0.29) is 11.5 Å². The van der Waals surface area contributed by atoms with Crippen molar-refractivity contribution in [3.05, 3.63) is 121 Å². The van der Waals surface area contributed by atoms with Crippen molar-refractivity contribution in [3.63, 3.8) is 0 Å². The lowest BCUT2D eigenvalue weighted by atomic mass is 10.2. The Morgan fingerprint density at radius 1 is 0.440 bits per heavy atom. The van der Waals surface area contributed by atoms with Gasteiger partial charge in [0.25, 0.3) is 0 Å². The molecule has 10 heteroatoms. The number of phenolic OH excluding ortho intramolecular Hbond substituents is 2. The van der Waals surface area contributed by atoms with Crippen LogP contribution in [0.15, 0.2) is 109 Å². The molecule has 0 spiro atoms. The Morgan fingerprint density at radius 3 is 1.16 bits per heavy atom. The summed E-state index contributed by atoms with van der Waals surface area (Å²) in [5.74, 6) is 3.03. The first-order valence-electron chi connectivity index (χ1n) is 16.9. The number of hydrogen-bond donors (Lipinski definition) is 2. The highest BCUT2D eigenvalue weighted by Gasteiger charge is 2.15. The van der Waals surface area contributed by atoms with Gasteiger partial charge in [-0.3, -0.25) is 9.80 Å². The van der Waals surface area contributed by atoms with Crippen LogP contribution >= 0.6 is 0 Å². The third-order valence-electron chi connectivity index (χ3n) is 8.64. The lowest BCUT2D eigenvalue weighted by molar-refractivity contribution is 0.148. The molecule has 1 aliphatic heterocycles. The molecule has 0 unspecified atom stereocenters. The van der Waals surface area contributed by atoms with Crippen LogP contribution in [0, 0.1) is 0 Å². The molecule has 7 rings (SSSR count). The predicted octanol–water partition coefficient (Wildman–Crippen LogP) is 6.43. The second kappa shape index (κ2) is 15.8. The van der Waals surface area contributed by atoms with Crippen molar-refractivity contribution >= 4 is 21.8 Å². The molecule has 0 aliphatic carbocycles. The van der Waals surface area contributed by atoms with Crippen molar-refractivity contribution in [1.29, 1.82) is 0 Å².